The van der Waals surface area contributed by atoms with Crippen molar-refractivity contribution >= 4 is 17.6 Å². The lowest BCUT2D eigenvalue weighted by Gasteiger charge is -2.17. The largest absolute Gasteiger partial charge is 0.352 e. The number of hydrogen-bond donors (Lipinski definition) is 3. The summed E-state index contributed by atoms with van der Waals surface area (Å²) in [6.07, 6.45) is 0.970. The van der Waals surface area contributed by atoms with E-state index in [1.807, 2.05) is 24.3 Å². The van der Waals surface area contributed by atoms with Gasteiger partial charge in [-0.25, -0.2) is 4.79 Å². The van der Waals surface area contributed by atoms with Gasteiger partial charge in [-0.05, 0) is 24.1 Å². The van der Waals surface area contributed by atoms with Crippen molar-refractivity contribution in [2.75, 3.05) is 13.1 Å². The van der Waals surface area contributed by atoms with Crippen LogP contribution in [0.2, 0.25) is 5.02 Å². The molecule has 1 aromatic carbocycles. The first-order chi connectivity index (χ1) is 8.13. The minimum atomic E-state index is -0.494. The maximum atomic E-state index is 10.5. The average Bonchev–Trinajstić information content (AvgIpc) is 2.30. The number of benzene rings is 1. The van der Waals surface area contributed by atoms with Crippen molar-refractivity contribution in [3.05, 3.63) is 34.9 Å². The molecule has 0 saturated carbocycles. The Balaban J connectivity index is 2.43. The topological polar surface area (TPSA) is 67.2 Å². The first-order valence-corrected chi connectivity index (χ1v) is 6.03. The highest BCUT2D eigenvalue weighted by Gasteiger charge is 2.07. The van der Waals surface area contributed by atoms with Crippen LogP contribution in [0.25, 0.3) is 0 Å². The van der Waals surface area contributed by atoms with Crippen molar-refractivity contribution in [3.63, 3.8) is 0 Å². The molecule has 1 atom stereocenters. The molecule has 0 heterocycles. The third kappa shape index (κ3) is 5.06. The fourth-order valence-electron chi connectivity index (χ4n) is 1.63. The van der Waals surface area contributed by atoms with Crippen LogP contribution >= 0.6 is 11.6 Å². The number of halogens is 1. The summed E-state index contributed by atoms with van der Waals surface area (Å²) < 4.78 is 0. The second-order valence-electron chi connectivity index (χ2n) is 3.76. The van der Waals surface area contributed by atoms with E-state index >= 15 is 0 Å². The Hall–Kier alpha value is -1.26. The summed E-state index contributed by atoms with van der Waals surface area (Å²) in [7, 11) is 0. The molecular weight excluding hydrogens is 238 g/mol. The zero-order valence-corrected chi connectivity index (χ0v) is 10.6. The monoisotopic (exact) mass is 255 g/mol. The Morgan fingerprint density at radius 2 is 2.00 bits per heavy atom. The van der Waals surface area contributed by atoms with E-state index < -0.39 is 6.03 Å². The molecule has 0 bridgehead atoms. The highest BCUT2D eigenvalue weighted by molar-refractivity contribution is 6.30. The van der Waals surface area contributed by atoms with Crippen LogP contribution in [0.4, 0.5) is 4.79 Å². The Morgan fingerprint density at radius 1 is 1.35 bits per heavy atom. The van der Waals surface area contributed by atoms with Crippen LogP contribution < -0.4 is 16.4 Å². The number of primary amides is 1. The molecular formula is C12H18ClN3O. The summed E-state index contributed by atoms with van der Waals surface area (Å²) >= 11 is 5.84. The molecule has 0 spiro atoms. The number of hydrogen-bond acceptors (Lipinski definition) is 2. The lowest BCUT2D eigenvalue weighted by atomic mass is 10.0. The lowest BCUT2D eigenvalue weighted by molar-refractivity contribution is 0.249. The van der Waals surface area contributed by atoms with E-state index in [9.17, 15) is 4.79 Å². The lowest BCUT2D eigenvalue weighted by Crippen LogP contribution is -2.36. The zero-order chi connectivity index (χ0) is 12.7. The van der Waals surface area contributed by atoms with Gasteiger partial charge in [-0.2, -0.15) is 0 Å². The van der Waals surface area contributed by atoms with Gasteiger partial charge in [-0.1, -0.05) is 30.7 Å². The van der Waals surface area contributed by atoms with Gasteiger partial charge in [0.05, 0.1) is 0 Å². The molecule has 0 radical (unpaired) electrons. The Bertz CT molecular complexity index is 353. The molecule has 0 aliphatic carbocycles. The maximum absolute atomic E-state index is 10.5. The number of nitrogens with two attached hydrogens (primary N) is 1. The molecule has 1 aromatic rings. The summed E-state index contributed by atoms with van der Waals surface area (Å²) in [6, 6.07) is 7.54. The molecule has 0 aliphatic heterocycles. The molecule has 1 unspecified atom stereocenters. The molecule has 0 aliphatic rings. The molecule has 5 heteroatoms. The molecule has 17 heavy (non-hydrogen) atoms. The van der Waals surface area contributed by atoms with Crippen LogP contribution in [0.3, 0.4) is 0 Å². The van der Waals surface area contributed by atoms with Gasteiger partial charge in [0.2, 0.25) is 0 Å². The Morgan fingerprint density at radius 3 is 2.53 bits per heavy atom. The number of carbonyl (C=O) groups is 1. The molecule has 2 amide bonds. The van der Waals surface area contributed by atoms with Crippen LogP contribution in [0.15, 0.2) is 24.3 Å². The number of rotatable bonds is 6. The molecule has 4 N–H and O–H groups in total. The van der Waals surface area contributed by atoms with Gasteiger partial charge in [-0.3, -0.25) is 0 Å². The fourth-order valence-corrected chi connectivity index (χ4v) is 1.75. The Kier molecular flexibility index (Phi) is 5.80. The highest BCUT2D eigenvalue weighted by Crippen LogP contribution is 2.18. The van der Waals surface area contributed by atoms with Gasteiger partial charge in [0.25, 0.3) is 0 Å². The van der Waals surface area contributed by atoms with Crippen molar-refractivity contribution in [1.29, 1.82) is 0 Å². The molecule has 0 saturated heterocycles. The van der Waals surface area contributed by atoms with Gasteiger partial charge in [0.15, 0.2) is 0 Å². The van der Waals surface area contributed by atoms with Crippen LogP contribution in [0.1, 0.15) is 24.9 Å². The smallest absolute Gasteiger partial charge is 0.312 e. The number of carbonyl (C=O) groups excluding carboxylic acids is 1. The standard InChI is InChI=1S/C12H18ClN3O/c1-2-11(15-7-8-16-12(14)17)9-3-5-10(13)6-4-9/h3-6,11,15H,2,7-8H2,1H3,(H3,14,16,17). The van der Waals surface area contributed by atoms with Crippen molar-refractivity contribution in [2.45, 2.75) is 19.4 Å². The van der Waals surface area contributed by atoms with E-state index in [-0.39, 0.29) is 6.04 Å². The zero-order valence-electron chi connectivity index (χ0n) is 9.87. The van der Waals surface area contributed by atoms with E-state index in [0.29, 0.717) is 13.1 Å². The molecule has 94 valence electrons. The highest BCUT2D eigenvalue weighted by atomic mass is 35.5. The van der Waals surface area contributed by atoms with Gasteiger partial charge in [0, 0.05) is 24.2 Å². The van der Waals surface area contributed by atoms with Crippen LogP contribution in [0.5, 0.6) is 0 Å². The first-order valence-electron chi connectivity index (χ1n) is 5.65. The summed E-state index contributed by atoms with van der Waals surface area (Å²) in [5.41, 5.74) is 6.17. The molecule has 0 fully saturated rings. The second-order valence-corrected chi connectivity index (χ2v) is 4.19. The summed E-state index contributed by atoms with van der Waals surface area (Å²) in [6.45, 7) is 3.32. The predicted octanol–water partition coefficient (Wildman–Crippen LogP) is 2.05. The van der Waals surface area contributed by atoms with Crippen LogP contribution in [-0.4, -0.2) is 19.1 Å². The van der Waals surface area contributed by atoms with E-state index in [2.05, 4.69) is 17.6 Å². The van der Waals surface area contributed by atoms with Crippen molar-refractivity contribution in [3.8, 4) is 0 Å². The molecule has 1 rings (SSSR count). The minimum Gasteiger partial charge on any atom is -0.352 e. The molecule has 0 aromatic heterocycles. The van der Waals surface area contributed by atoms with E-state index in [1.54, 1.807) is 0 Å². The fraction of sp³-hybridized carbons (Fsp3) is 0.417. The van der Waals surface area contributed by atoms with E-state index in [0.717, 1.165) is 11.4 Å². The summed E-state index contributed by atoms with van der Waals surface area (Å²) in [5, 5.41) is 6.62. The van der Waals surface area contributed by atoms with Gasteiger partial charge >= 0.3 is 6.03 Å². The average molecular weight is 256 g/mol. The van der Waals surface area contributed by atoms with Crippen LogP contribution in [0, 0.1) is 0 Å². The minimum absolute atomic E-state index is 0.266. The summed E-state index contributed by atoms with van der Waals surface area (Å²) in [4.78, 5) is 10.5. The third-order valence-corrected chi connectivity index (χ3v) is 2.75. The van der Waals surface area contributed by atoms with Gasteiger partial charge < -0.3 is 16.4 Å². The quantitative estimate of drug-likeness (QED) is 0.681. The first kappa shape index (κ1) is 13.8. The molecule has 4 nitrogen and oxygen atoms in total. The summed E-state index contributed by atoms with van der Waals surface area (Å²) in [5.74, 6) is 0. The predicted molar refractivity (Wildman–Crippen MR) is 70.1 cm³/mol. The number of urea groups is 1. The Labute approximate surface area is 107 Å². The number of nitrogens with one attached hydrogen (secondary N) is 2. The van der Waals surface area contributed by atoms with Crippen molar-refractivity contribution < 1.29 is 4.79 Å². The van der Waals surface area contributed by atoms with Crippen molar-refractivity contribution in [1.82, 2.24) is 10.6 Å². The SMILES string of the molecule is CCC(NCCNC(N)=O)c1ccc(Cl)cc1. The van der Waals surface area contributed by atoms with Gasteiger partial charge in [0.1, 0.15) is 0 Å². The van der Waals surface area contributed by atoms with Gasteiger partial charge in [-0.15, -0.1) is 0 Å². The normalized spacial score (nSPS) is 12.1. The third-order valence-electron chi connectivity index (χ3n) is 2.50. The van der Waals surface area contributed by atoms with E-state index in [1.165, 1.54) is 5.56 Å². The van der Waals surface area contributed by atoms with Crippen molar-refractivity contribution in [2.24, 2.45) is 5.73 Å². The maximum Gasteiger partial charge on any atom is 0.312 e. The van der Waals surface area contributed by atoms with Crippen LogP contribution in [-0.2, 0) is 0 Å². The number of amides is 2. The van der Waals surface area contributed by atoms with E-state index in [4.69, 9.17) is 17.3 Å². The second kappa shape index (κ2) is 7.14.